The lowest BCUT2D eigenvalue weighted by atomic mass is 9.90. The summed E-state index contributed by atoms with van der Waals surface area (Å²) in [7, 11) is 0. The first-order chi connectivity index (χ1) is 9.47. The molecule has 1 amide bonds. The van der Waals surface area contributed by atoms with Gasteiger partial charge in [-0.1, -0.05) is 20.3 Å². The molecule has 5 heteroatoms. The Bertz CT molecular complexity index is 346. The average molecular weight is 284 g/mol. The summed E-state index contributed by atoms with van der Waals surface area (Å²) in [5, 5.41) is 9.57. The minimum absolute atomic E-state index is 0.0118. The second-order valence-electron chi connectivity index (χ2n) is 5.96. The fourth-order valence-electron chi connectivity index (χ4n) is 3.18. The van der Waals surface area contributed by atoms with Crippen LogP contribution in [0.3, 0.4) is 0 Å². The van der Waals surface area contributed by atoms with Gasteiger partial charge in [0.05, 0.1) is 0 Å². The molecule has 1 fully saturated rings. The van der Waals surface area contributed by atoms with Gasteiger partial charge < -0.3 is 15.7 Å². The third-order valence-electron chi connectivity index (χ3n) is 4.36. The molecule has 1 heterocycles. The zero-order valence-corrected chi connectivity index (χ0v) is 12.7. The number of nitrogens with two attached hydrogens (primary N) is 1. The van der Waals surface area contributed by atoms with Crippen LogP contribution in [0.1, 0.15) is 58.8 Å². The van der Waals surface area contributed by atoms with Crippen molar-refractivity contribution in [2.24, 2.45) is 11.7 Å². The highest BCUT2D eigenvalue weighted by Gasteiger charge is 2.48. The summed E-state index contributed by atoms with van der Waals surface area (Å²) in [6.45, 7) is 5.26. The molecular formula is C15H28N2O3. The van der Waals surface area contributed by atoms with E-state index in [4.69, 9.17) is 5.73 Å². The number of hydrogen-bond acceptors (Lipinski definition) is 3. The van der Waals surface area contributed by atoms with E-state index in [2.05, 4.69) is 6.92 Å². The number of carboxylic acid groups (broad SMARTS) is 1. The summed E-state index contributed by atoms with van der Waals surface area (Å²) >= 11 is 0. The average Bonchev–Trinajstić information content (AvgIpc) is 2.82. The van der Waals surface area contributed by atoms with Gasteiger partial charge >= 0.3 is 5.97 Å². The smallest absolute Gasteiger partial charge is 0.329 e. The van der Waals surface area contributed by atoms with Crippen LogP contribution in [0.4, 0.5) is 0 Å². The van der Waals surface area contributed by atoms with E-state index < -0.39 is 11.5 Å². The maximum absolute atomic E-state index is 12.4. The largest absolute Gasteiger partial charge is 0.479 e. The first-order valence-electron chi connectivity index (χ1n) is 7.72. The van der Waals surface area contributed by atoms with Crippen molar-refractivity contribution in [3.63, 3.8) is 0 Å². The van der Waals surface area contributed by atoms with Crippen molar-refractivity contribution in [1.82, 2.24) is 4.90 Å². The second-order valence-corrected chi connectivity index (χ2v) is 5.96. The van der Waals surface area contributed by atoms with Crippen molar-refractivity contribution in [1.29, 1.82) is 0 Å². The lowest BCUT2D eigenvalue weighted by molar-refractivity contribution is -0.157. The van der Waals surface area contributed by atoms with Gasteiger partial charge in [0.1, 0.15) is 5.54 Å². The standard InChI is InChI=1S/C15H28N2O3/c1-3-8-15(14(19)20)9-4-11-17(15)13(18)6-5-12(2)7-10-16/h12H,3-11,16H2,1-2H3,(H,19,20). The van der Waals surface area contributed by atoms with Gasteiger partial charge in [-0.05, 0) is 44.6 Å². The predicted octanol–water partition coefficient (Wildman–Crippen LogP) is 2.00. The number of nitrogens with zero attached hydrogens (tertiary/aromatic N) is 1. The number of likely N-dealkylation sites (tertiary alicyclic amines) is 1. The summed E-state index contributed by atoms with van der Waals surface area (Å²) in [6, 6.07) is 0. The number of amides is 1. The fourth-order valence-corrected chi connectivity index (χ4v) is 3.18. The summed E-state index contributed by atoms with van der Waals surface area (Å²) < 4.78 is 0. The van der Waals surface area contributed by atoms with Gasteiger partial charge in [0.15, 0.2) is 0 Å². The van der Waals surface area contributed by atoms with E-state index in [-0.39, 0.29) is 5.91 Å². The van der Waals surface area contributed by atoms with Gasteiger partial charge in [-0.2, -0.15) is 0 Å². The van der Waals surface area contributed by atoms with E-state index in [1.165, 1.54) is 0 Å². The van der Waals surface area contributed by atoms with Crippen LogP contribution in [0, 0.1) is 5.92 Å². The highest BCUT2D eigenvalue weighted by atomic mass is 16.4. The van der Waals surface area contributed by atoms with Gasteiger partial charge in [-0.25, -0.2) is 4.79 Å². The van der Waals surface area contributed by atoms with Crippen LogP contribution >= 0.6 is 0 Å². The van der Waals surface area contributed by atoms with Crippen molar-refractivity contribution in [3.8, 4) is 0 Å². The molecule has 0 radical (unpaired) electrons. The SMILES string of the molecule is CCCC1(C(=O)O)CCCN1C(=O)CCC(C)CCN. The Hall–Kier alpha value is -1.10. The van der Waals surface area contributed by atoms with Crippen molar-refractivity contribution >= 4 is 11.9 Å². The van der Waals surface area contributed by atoms with Gasteiger partial charge in [-0.3, -0.25) is 4.79 Å². The van der Waals surface area contributed by atoms with E-state index in [0.29, 0.717) is 38.3 Å². The maximum atomic E-state index is 12.4. The molecule has 0 bridgehead atoms. The summed E-state index contributed by atoms with van der Waals surface area (Å²) in [6.07, 6.45) is 4.82. The number of rotatable bonds is 8. The normalized spacial score (nSPS) is 23.9. The zero-order chi connectivity index (χ0) is 15.2. The van der Waals surface area contributed by atoms with Crippen LogP contribution in [0.15, 0.2) is 0 Å². The summed E-state index contributed by atoms with van der Waals surface area (Å²) in [5.41, 5.74) is 4.55. The van der Waals surface area contributed by atoms with Crippen LogP contribution in [-0.4, -0.2) is 40.5 Å². The molecule has 0 aromatic carbocycles. The van der Waals surface area contributed by atoms with E-state index in [1.54, 1.807) is 4.90 Å². The maximum Gasteiger partial charge on any atom is 0.329 e. The molecular weight excluding hydrogens is 256 g/mol. The van der Waals surface area contributed by atoms with E-state index in [9.17, 15) is 14.7 Å². The number of carbonyl (C=O) groups excluding carboxylic acids is 1. The summed E-state index contributed by atoms with van der Waals surface area (Å²) in [4.78, 5) is 25.7. The Morgan fingerprint density at radius 3 is 2.65 bits per heavy atom. The lowest BCUT2D eigenvalue weighted by Crippen LogP contribution is -2.53. The molecule has 2 atom stereocenters. The minimum Gasteiger partial charge on any atom is -0.479 e. The lowest BCUT2D eigenvalue weighted by Gasteiger charge is -2.35. The topological polar surface area (TPSA) is 83.6 Å². The number of carboxylic acids is 1. The Morgan fingerprint density at radius 2 is 2.10 bits per heavy atom. The molecule has 0 spiro atoms. The fraction of sp³-hybridized carbons (Fsp3) is 0.867. The van der Waals surface area contributed by atoms with Crippen molar-refractivity contribution < 1.29 is 14.7 Å². The van der Waals surface area contributed by atoms with Gasteiger partial charge in [0.2, 0.25) is 5.91 Å². The van der Waals surface area contributed by atoms with Crippen molar-refractivity contribution in [2.75, 3.05) is 13.1 Å². The molecule has 0 aromatic heterocycles. The van der Waals surface area contributed by atoms with E-state index in [1.807, 2.05) is 6.92 Å². The van der Waals surface area contributed by atoms with Crippen LogP contribution in [0.5, 0.6) is 0 Å². The molecule has 0 aromatic rings. The minimum atomic E-state index is -0.955. The van der Waals surface area contributed by atoms with E-state index in [0.717, 1.165) is 25.7 Å². The third kappa shape index (κ3) is 3.72. The second kappa shape index (κ2) is 7.62. The highest BCUT2D eigenvalue weighted by molar-refractivity contribution is 5.87. The first kappa shape index (κ1) is 17.0. The number of aliphatic carboxylic acids is 1. The zero-order valence-electron chi connectivity index (χ0n) is 12.7. The molecule has 1 aliphatic heterocycles. The number of hydrogen-bond donors (Lipinski definition) is 2. The van der Waals surface area contributed by atoms with Crippen LogP contribution in [0.2, 0.25) is 0 Å². The Balaban J connectivity index is 2.67. The van der Waals surface area contributed by atoms with Gasteiger partial charge in [0.25, 0.3) is 0 Å². The van der Waals surface area contributed by atoms with Crippen LogP contribution in [-0.2, 0) is 9.59 Å². The molecule has 1 saturated heterocycles. The quantitative estimate of drug-likeness (QED) is 0.714. The van der Waals surface area contributed by atoms with Crippen LogP contribution in [0.25, 0.3) is 0 Å². The molecule has 2 unspecified atom stereocenters. The Kier molecular flexibility index (Phi) is 6.46. The van der Waals surface area contributed by atoms with E-state index >= 15 is 0 Å². The highest BCUT2D eigenvalue weighted by Crippen LogP contribution is 2.34. The molecule has 0 saturated carbocycles. The monoisotopic (exact) mass is 284 g/mol. The molecule has 3 N–H and O–H groups in total. The summed E-state index contributed by atoms with van der Waals surface area (Å²) in [5.74, 6) is -0.445. The molecule has 1 aliphatic rings. The first-order valence-corrected chi connectivity index (χ1v) is 7.72. The molecule has 20 heavy (non-hydrogen) atoms. The van der Waals surface area contributed by atoms with Gasteiger partial charge in [-0.15, -0.1) is 0 Å². The third-order valence-corrected chi connectivity index (χ3v) is 4.36. The molecule has 1 rings (SSSR count). The molecule has 5 nitrogen and oxygen atoms in total. The van der Waals surface area contributed by atoms with Crippen molar-refractivity contribution in [3.05, 3.63) is 0 Å². The predicted molar refractivity (Wildman–Crippen MR) is 78.3 cm³/mol. The Morgan fingerprint density at radius 1 is 1.40 bits per heavy atom. The number of carbonyl (C=O) groups is 2. The molecule has 0 aliphatic carbocycles. The van der Waals surface area contributed by atoms with Crippen molar-refractivity contribution in [2.45, 2.75) is 64.3 Å². The molecule has 116 valence electrons. The Labute approximate surface area is 121 Å². The van der Waals surface area contributed by atoms with Crippen LogP contribution < -0.4 is 5.73 Å². The van der Waals surface area contributed by atoms with Gasteiger partial charge in [0, 0.05) is 13.0 Å².